The molecule has 2 aromatic rings. The normalized spacial score (nSPS) is 10.6. The second kappa shape index (κ2) is 6.34. The molecule has 21 heavy (non-hydrogen) atoms. The number of hydrogen-bond donors (Lipinski definition) is 1. The van der Waals surface area contributed by atoms with Crippen LogP contribution in [0.5, 0.6) is 0 Å². The van der Waals surface area contributed by atoms with Crippen molar-refractivity contribution < 1.29 is 4.79 Å². The van der Waals surface area contributed by atoms with Gasteiger partial charge in [0.25, 0.3) is 5.56 Å². The summed E-state index contributed by atoms with van der Waals surface area (Å²) >= 11 is 0. The van der Waals surface area contributed by atoms with Crippen molar-refractivity contribution in [2.24, 2.45) is 7.05 Å². The molecule has 1 amide bonds. The highest BCUT2D eigenvalue weighted by atomic mass is 16.2. The van der Waals surface area contributed by atoms with E-state index in [0.717, 1.165) is 17.8 Å². The molecule has 2 rings (SSSR count). The largest absolute Gasteiger partial charge is 0.320 e. The lowest BCUT2D eigenvalue weighted by Crippen LogP contribution is -2.26. The van der Waals surface area contributed by atoms with E-state index < -0.39 is 0 Å². The first-order valence-electron chi connectivity index (χ1n) is 6.91. The molecule has 0 atom stereocenters. The molecule has 1 N–H and O–H groups in total. The molecule has 112 valence electrons. The van der Waals surface area contributed by atoms with Crippen LogP contribution in [0, 0.1) is 0 Å². The summed E-state index contributed by atoms with van der Waals surface area (Å²) in [6.07, 6.45) is 3.81. The van der Waals surface area contributed by atoms with Crippen molar-refractivity contribution in [3.8, 4) is 0 Å². The Bertz CT molecular complexity index is 702. The summed E-state index contributed by atoms with van der Waals surface area (Å²) in [6.45, 7) is 4.36. The molecule has 0 saturated heterocycles. The third-order valence-electron chi connectivity index (χ3n) is 3.25. The Morgan fingerprint density at radius 1 is 1.38 bits per heavy atom. The highest BCUT2D eigenvalue weighted by molar-refractivity contribution is 5.91. The summed E-state index contributed by atoms with van der Waals surface area (Å²) in [6, 6.07) is 1.90. The molecule has 2 heterocycles. The third kappa shape index (κ3) is 3.36. The Hall–Kier alpha value is -2.44. The van der Waals surface area contributed by atoms with Crippen LogP contribution in [0.4, 0.5) is 5.69 Å². The fourth-order valence-electron chi connectivity index (χ4n) is 2.03. The van der Waals surface area contributed by atoms with Gasteiger partial charge in [0.2, 0.25) is 5.91 Å². The molecule has 0 bridgehead atoms. The highest BCUT2D eigenvalue weighted by Gasteiger charge is 2.12. The van der Waals surface area contributed by atoms with E-state index in [1.165, 1.54) is 17.1 Å². The number of hydrogen-bond acceptors (Lipinski definition) is 4. The molecular formula is C14H19N5O2. The maximum Gasteiger partial charge on any atom is 0.277 e. The Kier molecular flexibility index (Phi) is 4.52. The molecule has 0 aliphatic heterocycles. The summed E-state index contributed by atoms with van der Waals surface area (Å²) in [5.41, 5.74) is 1.70. The molecule has 2 aromatic heterocycles. The number of aryl methyl sites for hydroxylation is 3. The van der Waals surface area contributed by atoms with Gasteiger partial charge in [-0.15, -0.1) is 0 Å². The molecule has 0 aliphatic rings. The van der Waals surface area contributed by atoms with Crippen LogP contribution in [0.2, 0.25) is 0 Å². The monoisotopic (exact) mass is 289 g/mol. The van der Waals surface area contributed by atoms with Gasteiger partial charge < -0.3 is 5.32 Å². The van der Waals surface area contributed by atoms with E-state index in [9.17, 15) is 9.59 Å². The lowest BCUT2D eigenvalue weighted by atomic mass is 10.2. The van der Waals surface area contributed by atoms with E-state index in [-0.39, 0.29) is 23.6 Å². The van der Waals surface area contributed by atoms with Gasteiger partial charge in [-0.05, 0) is 19.4 Å². The summed E-state index contributed by atoms with van der Waals surface area (Å²) in [5, 5.41) is 6.90. The van der Waals surface area contributed by atoms with Crippen molar-refractivity contribution in [1.82, 2.24) is 19.3 Å². The number of anilines is 1. The number of carbonyl (C=O) groups is 1. The summed E-state index contributed by atoms with van der Waals surface area (Å²) < 4.78 is 3.13. The molecule has 0 saturated carbocycles. The molecule has 0 radical (unpaired) electrons. The van der Waals surface area contributed by atoms with E-state index in [4.69, 9.17) is 0 Å². The van der Waals surface area contributed by atoms with E-state index in [1.807, 2.05) is 19.9 Å². The van der Waals surface area contributed by atoms with Gasteiger partial charge in [-0.3, -0.25) is 18.8 Å². The van der Waals surface area contributed by atoms with E-state index in [0.29, 0.717) is 6.54 Å². The zero-order valence-electron chi connectivity index (χ0n) is 12.5. The van der Waals surface area contributed by atoms with E-state index in [1.54, 1.807) is 11.7 Å². The van der Waals surface area contributed by atoms with Crippen LogP contribution < -0.4 is 10.9 Å². The van der Waals surface area contributed by atoms with Crippen LogP contribution in [0.1, 0.15) is 25.2 Å². The smallest absolute Gasteiger partial charge is 0.277 e. The van der Waals surface area contributed by atoms with Gasteiger partial charge >= 0.3 is 0 Å². The van der Waals surface area contributed by atoms with Gasteiger partial charge in [0.15, 0.2) is 0 Å². The van der Waals surface area contributed by atoms with Gasteiger partial charge in [0, 0.05) is 19.3 Å². The molecule has 0 aliphatic carbocycles. The predicted molar refractivity (Wildman–Crippen MR) is 79.1 cm³/mol. The maximum absolute atomic E-state index is 12.1. The van der Waals surface area contributed by atoms with Gasteiger partial charge in [0.05, 0.1) is 24.6 Å². The van der Waals surface area contributed by atoms with Crippen LogP contribution in [0.3, 0.4) is 0 Å². The van der Waals surface area contributed by atoms with Crippen molar-refractivity contribution in [3.63, 3.8) is 0 Å². The van der Waals surface area contributed by atoms with Gasteiger partial charge in [-0.2, -0.15) is 5.10 Å². The minimum atomic E-state index is -0.256. The number of carbonyl (C=O) groups excluding carboxylic acids is 1. The number of amides is 1. The minimum Gasteiger partial charge on any atom is -0.320 e. The van der Waals surface area contributed by atoms with Crippen LogP contribution >= 0.6 is 0 Å². The zero-order valence-corrected chi connectivity index (χ0v) is 12.5. The first-order chi connectivity index (χ1) is 10.0. The second-order valence-electron chi connectivity index (χ2n) is 4.73. The van der Waals surface area contributed by atoms with Gasteiger partial charge in [-0.1, -0.05) is 6.92 Å². The number of nitrogens with zero attached hydrogens (tertiary/aromatic N) is 4. The average Bonchev–Trinajstić information content (AvgIpc) is 2.81. The van der Waals surface area contributed by atoms with Crippen LogP contribution in [0.25, 0.3) is 0 Å². The lowest BCUT2D eigenvalue weighted by molar-refractivity contribution is -0.115. The fourth-order valence-corrected chi connectivity index (χ4v) is 2.03. The third-order valence-corrected chi connectivity index (χ3v) is 3.25. The highest BCUT2D eigenvalue weighted by Crippen LogP contribution is 2.06. The van der Waals surface area contributed by atoms with Crippen LogP contribution in [-0.4, -0.2) is 25.2 Å². The molecule has 0 fully saturated rings. The maximum atomic E-state index is 12.1. The lowest BCUT2D eigenvalue weighted by Gasteiger charge is -2.06. The second-order valence-corrected chi connectivity index (χ2v) is 4.73. The number of aromatic nitrogens is 4. The summed E-state index contributed by atoms with van der Waals surface area (Å²) in [7, 11) is 1.80. The topological polar surface area (TPSA) is 81.8 Å². The standard InChI is InChI=1S/C14H19N5O2/c1-4-10-6-11(18(3)17-10)7-13(20)16-12-8-15-9-19(5-2)14(12)21/h6,8-9H,4-5,7H2,1-3H3,(H,16,20). The van der Waals surface area contributed by atoms with E-state index in [2.05, 4.69) is 15.4 Å². The van der Waals surface area contributed by atoms with Crippen LogP contribution in [0.15, 0.2) is 23.4 Å². The van der Waals surface area contributed by atoms with Gasteiger partial charge in [0.1, 0.15) is 5.69 Å². The Morgan fingerprint density at radius 3 is 2.76 bits per heavy atom. The van der Waals surface area contributed by atoms with Crippen LogP contribution in [-0.2, 0) is 31.2 Å². The predicted octanol–water partition coefficient (Wildman–Crippen LogP) is 0.740. The van der Waals surface area contributed by atoms with Crippen molar-refractivity contribution in [3.05, 3.63) is 40.3 Å². The quantitative estimate of drug-likeness (QED) is 0.880. The first-order valence-corrected chi connectivity index (χ1v) is 6.91. The summed E-state index contributed by atoms with van der Waals surface area (Å²) in [5.74, 6) is -0.256. The van der Waals surface area contributed by atoms with Crippen molar-refractivity contribution in [2.45, 2.75) is 33.2 Å². The summed E-state index contributed by atoms with van der Waals surface area (Å²) in [4.78, 5) is 28.0. The molecule has 7 heteroatoms. The number of rotatable bonds is 5. The fraction of sp³-hybridized carbons (Fsp3) is 0.429. The van der Waals surface area contributed by atoms with Crippen molar-refractivity contribution in [2.75, 3.05) is 5.32 Å². The molecule has 0 spiro atoms. The Labute approximate surface area is 122 Å². The Balaban J connectivity index is 2.12. The SMILES string of the molecule is CCc1cc(CC(=O)Nc2cncn(CC)c2=O)n(C)n1. The zero-order chi connectivity index (χ0) is 15.4. The van der Waals surface area contributed by atoms with E-state index >= 15 is 0 Å². The number of nitrogens with one attached hydrogen (secondary N) is 1. The van der Waals surface area contributed by atoms with Crippen molar-refractivity contribution in [1.29, 1.82) is 0 Å². The van der Waals surface area contributed by atoms with Gasteiger partial charge in [-0.25, -0.2) is 4.98 Å². The molecular weight excluding hydrogens is 270 g/mol. The first kappa shape index (κ1) is 15.0. The average molecular weight is 289 g/mol. The molecule has 0 aromatic carbocycles. The minimum absolute atomic E-state index is 0.171. The molecule has 0 unspecified atom stereocenters. The van der Waals surface area contributed by atoms with Crippen molar-refractivity contribution >= 4 is 11.6 Å². The molecule has 7 nitrogen and oxygen atoms in total. The Morgan fingerprint density at radius 2 is 2.14 bits per heavy atom.